The first kappa shape index (κ1) is 12.6. The van der Waals surface area contributed by atoms with Crippen molar-refractivity contribution in [2.75, 3.05) is 19.8 Å². The topological polar surface area (TPSA) is 49.8 Å². The van der Waals surface area contributed by atoms with Gasteiger partial charge in [0, 0.05) is 25.1 Å². The van der Waals surface area contributed by atoms with Crippen molar-refractivity contribution in [3.05, 3.63) is 12.7 Å². The molecule has 0 unspecified atom stereocenters. The van der Waals surface area contributed by atoms with Gasteiger partial charge in [-0.15, -0.1) is 0 Å². The highest BCUT2D eigenvalue weighted by Gasteiger charge is 2.44. The molecule has 0 bridgehead atoms. The van der Waals surface area contributed by atoms with E-state index in [2.05, 4.69) is 6.58 Å². The molecule has 2 saturated heterocycles. The molecule has 2 aliphatic heterocycles. The third-order valence-corrected chi connectivity index (χ3v) is 4.07. The van der Waals surface area contributed by atoms with Crippen molar-refractivity contribution >= 4 is 5.91 Å². The van der Waals surface area contributed by atoms with E-state index in [0.29, 0.717) is 19.6 Å². The largest absolute Gasteiger partial charge is 0.390 e. The van der Waals surface area contributed by atoms with Gasteiger partial charge in [-0.3, -0.25) is 4.79 Å². The smallest absolute Gasteiger partial charge is 0.246 e. The van der Waals surface area contributed by atoms with Gasteiger partial charge in [0.15, 0.2) is 0 Å². The van der Waals surface area contributed by atoms with Crippen LogP contribution in [0.4, 0.5) is 0 Å². The third-order valence-electron chi connectivity index (χ3n) is 4.07. The number of ether oxygens (including phenoxy) is 1. The highest BCUT2D eigenvalue weighted by Crippen LogP contribution is 2.35. The summed E-state index contributed by atoms with van der Waals surface area (Å²) in [6.07, 6.45) is 3.95. The van der Waals surface area contributed by atoms with Gasteiger partial charge in [0.25, 0.3) is 0 Å². The summed E-state index contributed by atoms with van der Waals surface area (Å²) in [4.78, 5) is 13.6. The minimum absolute atomic E-state index is 0.0163. The Kier molecular flexibility index (Phi) is 3.54. The monoisotopic (exact) mass is 239 g/mol. The summed E-state index contributed by atoms with van der Waals surface area (Å²) in [6, 6.07) is 0.0933. The van der Waals surface area contributed by atoms with Crippen molar-refractivity contribution in [3.8, 4) is 0 Å². The van der Waals surface area contributed by atoms with Crippen molar-refractivity contribution < 1.29 is 14.6 Å². The summed E-state index contributed by atoms with van der Waals surface area (Å²) < 4.78 is 5.47. The van der Waals surface area contributed by atoms with E-state index in [0.717, 1.165) is 19.4 Å². The molecule has 4 nitrogen and oxygen atoms in total. The van der Waals surface area contributed by atoms with Crippen molar-refractivity contribution in [2.45, 2.75) is 37.8 Å². The molecule has 0 aromatic rings. The quantitative estimate of drug-likeness (QED) is 0.730. The van der Waals surface area contributed by atoms with E-state index in [1.54, 1.807) is 0 Å². The van der Waals surface area contributed by atoms with E-state index in [-0.39, 0.29) is 17.9 Å². The summed E-state index contributed by atoms with van der Waals surface area (Å²) >= 11 is 0. The average Bonchev–Trinajstić information content (AvgIpc) is 2.76. The number of rotatable bonds is 2. The number of hydrogen-bond donors (Lipinski definition) is 1. The zero-order valence-electron chi connectivity index (χ0n) is 10.4. The fourth-order valence-electron chi connectivity index (χ4n) is 2.98. The SMILES string of the molecule is C=CC(=O)N1CCC[C@@H]1[C@@H]1COCC[C@@]1(C)O. The van der Waals surface area contributed by atoms with E-state index in [1.165, 1.54) is 6.08 Å². The molecule has 3 atom stereocenters. The van der Waals surface area contributed by atoms with Gasteiger partial charge < -0.3 is 14.7 Å². The number of nitrogens with zero attached hydrogens (tertiary/aromatic N) is 1. The fraction of sp³-hybridized carbons (Fsp3) is 0.769. The summed E-state index contributed by atoms with van der Waals surface area (Å²) in [5.74, 6) is -0.0171. The molecule has 2 rings (SSSR count). The standard InChI is InChI=1S/C13H21NO3/c1-3-12(15)14-7-4-5-11(14)10-9-17-8-6-13(10,2)16/h3,10-11,16H,1,4-9H2,2H3/t10-,11+,13+/m0/s1. The molecular weight excluding hydrogens is 218 g/mol. The minimum Gasteiger partial charge on any atom is -0.390 e. The molecule has 0 aliphatic carbocycles. The van der Waals surface area contributed by atoms with Crippen LogP contribution < -0.4 is 0 Å². The Labute approximate surface area is 102 Å². The van der Waals surface area contributed by atoms with E-state index in [9.17, 15) is 9.90 Å². The molecule has 0 aromatic heterocycles. The van der Waals surface area contributed by atoms with Gasteiger partial charge in [-0.2, -0.15) is 0 Å². The molecule has 2 heterocycles. The van der Waals surface area contributed by atoms with E-state index < -0.39 is 5.60 Å². The van der Waals surface area contributed by atoms with Crippen molar-refractivity contribution in [1.29, 1.82) is 0 Å². The van der Waals surface area contributed by atoms with Crippen LogP contribution >= 0.6 is 0 Å². The second-order valence-corrected chi connectivity index (χ2v) is 5.23. The maximum Gasteiger partial charge on any atom is 0.246 e. The van der Waals surface area contributed by atoms with Crippen LogP contribution in [0.15, 0.2) is 12.7 Å². The lowest BCUT2D eigenvalue weighted by Crippen LogP contribution is -2.53. The highest BCUT2D eigenvalue weighted by molar-refractivity contribution is 5.87. The molecule has 96 valence electrons. The normalized spacial score (nSPS) is 38.1. The molecule has 1 N–H and O–H groups in total. The Hall–Kier alpha value is -0.870. The average molecular weight is 239 g/mol. The van der Waals surface area contributed by atoms with E-state index in [4.69, 9.17) is 4.74 Å². The molecule has 0 radical (unpaired) electrons. The zero-order chi connectivity index (χ0) is 12.5. The summed E-state index contributed by atoms with van der Waals surface area (Å²) in [6.45, 7) is 7.30. The van der Waals surface area contributed by atoms with Crippen LogP contribution in [0.5, 0.6) is 0 Å². The van der Waals surface area contributed by atoms with E-state index in [1.807, 2.05) is 11.8 Å². The summed E-state index contributed by atoms with van der Waals surface area (Å²) in [5.41, 5.74) is -0.729. The lowest BCUT2D eigenvalue weighted by molar-refractivity contribution is -0.141. The first-order chi connectivity index (χ1) is 8.06. The second kappa shape index (κ2) is 4.78. The Balaban J connectivity index is 2.14. The number of aliphatic hydroxyl groups is 1. The Morgan fingerprint density at radius 1 is 1.65 bits per heavy atom. The van der Waals surface area contributed by atoms with E-state index >= 15 is 0 Å². The maximum absolute atomic E-state index is 11.8. The molecule has 17 heavy (non-hydrogen) atoms. The van der Waals surface area contributed by atoms with Crippen LogP contribution in [0.1, 0.15) is 26.2 Å². The van der Waals surface area contributed by atoms with Crippen LogP contribution in [-0.2, 0) is 9.53 Å². The van der Waals surface area contributed by atoms with Crippen molar-refractivity contribution in [2.24, 2.45) is 5.92 Å². The molecule has 4 heteroatoms. The van der Waals surface area contributed by atoms with Gasteiger partial charge in [-0.05, 0) is 32.3 Å². The summed E-state index contributed by atoms with van der Waals surface area (Å²) in [7, 11) is 0. The number of likely N-dealkylation sites (tertiary alicyclic amines) is 1. The molecular formula is C13H21NO3. The minimum atomic E-state index is -0.729. The lowest BCUT2D eigenvalue weighted by Gasteiger charge is -2.43. The first-order valence-corrected chi connectivity index (χ1v) is 6.29. The Bertz CT molecular complexity index is 314. The van der Waals surface area contributed by atoms with Crippen LogP contribution in [0, 0.1) is 5.92 Å². The van der Waals surface area contributed by atoms with Gasteiger partial charge in [0.1, 0.15) is 0 Å². The Morgan fingerprint density at radius 3 is 3.06 bits per heavy atom. The first-order valence-electron chi connectivity index (χ1n) is 6.29. The van der Waals surface area contributed by atoms with Gasteiger partial charge in [-0.25, -0.2) is 0 Å². The van der Waals surface area contributed by atoms with Crippen LogP contribution in [-0.4, -0.2) is 47.3 Å². The highest BCUT2D eigenvalue weighted by atomic mass is 16.5. The molecule has 2 aliphatic rings. The predicted molar refractivity (Wildman–Crippen MR) is 64.5 cm³/mol. The molecule has 1 amide bonds. The summed E-state index contributed by atoms with van der Waals surface area (Å²) in [5, 5.41) is 10.4. The predicted octanol–water partition coefficient (Wildman–Crippen LogP) is 0.951. The van der Waals surface area contributed by atoms with Gasteiger partial charge in [-0.1, -0.05) is 6.58 Å². The van der Waals surface area contributed by atoms with Gasteiger partial charge in [0.2, 0.25) is 5.91 Å². The number of hydrogen-bond acceptors (Lipinski definition) is 3. The molecule has 0 spiro atoms. The van der Waals surface area contributed by atoms with Crippen molar-refractivity contribution in [3.63, 3.8) is 0 Å². The molecule has 0 aromatic carbocycles. The maximum atomic E-state index is 11.8. The number of carbonyl (C=O) groups is 1. The van der Waals surface area contributed by atoms with Crippen LogP contribution in [0.2, 0.25) is 0 Å². The third kappa shape index (κ3) is 2.38. The number of carbonyl (C=O) groups excluding carboxylic acids is 1. The van der Waals surface area contributed by atoms with Crippen LogP contribution in [0.3, 0.4) is 0 Å². The van der Waals surface area contributed by atoms with Crippen LogP contribution in [0.25, 0.3) is 0 Å². The zero-order valence-corrected chi connectivity index (χ0v) is 10.4. The number of amides is 1. The fourth-order valence-corrected chi connectivity index (χ4v) is 2.98. The lowest BCUT2D eigenvalue weighted by atomic mass is 9.79. The van der Waals surface area contributed by atoms with Gasteiger partial charge >= 0.3 is 0 Å². The molecule has 2 fully saturated rings. The van der Waals surface area contributed by atoms with Crippen molar-refractivity contribution in [1.82, 2.24) is 4.90 Å². The molecule has 0 saturated carbocycles. The van der Waals surface area contributed by atoms with Gasteiger partial charge in [0.05, 0.1) is 12.2 Å². The Morgan fingerprint density at radius 2 is 2.41 bits per heavy atom. The second-order valence-electron chi connectivity index (χ2n) is 5.23.